The van der Waals surface area contributed by atoms with E-state index in [2.05, 4.69) is 17.9 Å². The molecule has 0 fully saturated rings. The number of hydrogen-bond donors (Lipinski definition) is 2. The highest BCUT2D eigenvalue weighted by molar-refractivity contribution is 5.75. The van der Waals surface area contributed by atoms with Gasteiger partial charge < -0.3 is 14.9 Å². The molecule has 0 heterocycles. The Hall–Kier alpha value is -1.78. The number of carboxylic acids is 2. The Labute approximate surface area is 82.3 Å². The molecule has 0 unspecified atom stereocenters. The summed E-state index contributed by atoms with van der Waals surface area (Å²) < 4.78 is 4.63. The Morgan fingerprint density at radius 1 is 1.14 bits per heavy atom. The molecule has 0 saturated heterocycles. The minimum absolute atomic E-state index is 0.296. The van der Waals surface area contributed by atoms with Crippen LogP contribution in [0.25, 0.3) is 0 Å². The number of carboxylic acid groups (broad SMARTS) is 2. The van der Waals surface area contributed by atoms with Crippen LogP contribution in [-0.4, -0.2) is 28.8 Å². The molecule has 0 aromatic rings. The standard InChI is InChI=1S/C5H8O.C4H6O4/c1-3-5-6-4-2;5-3(6)1-2-4(7)8/h3-4H,1-2,5H2;1-2H2,(H,5,6)(H,7,8). The van der Waals surface area contributed by atoms with E-state index < -0.39 is 11.9 Å². The summed E-state index contributed by atoms with van der Waals surface area (Å²) in [5.41, 5.74) is 0. The lowest BCUT2D eigenvalue weighted by molar-refractivity contribution is -0.143. The van der Waals surface area contributed by atoms with Crippen molar-refractivity contribution in [3.8, 4) is 0 Å². The van der Waals surface area contributed by atoms with Gasteiger partial charge in [-0.25, -0.2) is 0 Å². The Kier molecular flexibility index (Phi) is 11.8. The molecule has 5 heteroatoms. The Morgan fingerprint density at radius 2 is 1.57 bits per heavy atom. The predicted molar refractivity (Wildman–Crippen MR) is 50.9 cm³/mol. The van der Waals surface area contributed by atoms with Crippen molar-refractivity contribution in [3.05, 3.63) is 25.5 Å². The van der Waals surface area contributed by atoms with E-state index in [0.29, 0.717) is 6.61 Å². The van der Waals surface area contributed by atoms with Gasteiger partial charge in [-0.1, -0.05) is 19.2 Å². The van der Waals surface area contributed by atoms with E-state index in [9.17, 15) is 9.59 Å². The fourth-order valence-corrected chi connectivity index (χ4v) is 0.350. The van der Waals surface area contributed by atoms with Gasteiger partial charge in [-0.3, -0.25) is 9.59 Å². The van der Waals surface area contributed by atoms with Crippen molar-refractivity contribution in [3.63, 3.8) is 0 Å². The van der Waals surface area contributed by atoms with Gasteiger partial charge in [0.05, 0.1) is 19.1 Å². The van der Waals surface area contributed by atoms with E-state index in [-0.39, 0.29) is 12.8 Å². The summed E-state index contributed by atoms with van der Waals surface area (Å²) in [6, 6.07) is 0. The van der Waals surface area contributed by atoms with Crippen molar-refractivity contribution in [2.45, 2.75) is 12.8 Å². The molecule has 0 aromatic carbocycles. The van der Waals surface area contributed by atoms with Crippen LogP contribution < -0.4 is 0 Å². The zero-order valence-corrected chi connectivity index (χ0v) is 7.81. The minimum Gasteiger partial charge on any atom is -0.498 e. The number of rotatable bonds is 6. The zero-order chi connectivity index (χ0) is 11.4. The van der Waals surface area contributed by atoms with E-state index in [1.165, 1.54) is 6.26 Å². The van der Waals surface area contributed by atoms with Gasteiger partial charge in [0, 0.05) is 0 Å². The van der Waals surface area contributed by atoms with Gasteiger partial charge in [0.15, 0.2) is 0 Å². The fourth-order valence-electron chi connectivity index (χ4n) is 0.350. The van der Waals surface area contributed by atoms with Crippen LogP contribution in [-0.2, 0) is 14.3 Å². The third-order valence-electron chi connectivity index (χ3n) is 0.885. The largest absolute Gasteiger partial charge is 0.498 e. The predicted octanol–water partition coefficient (Wildman–Crippen LogP) is 1.27. The van der Waals surface area contributed by atoms with Gasteiger partial charge >= 0.3 is 11.9 Å². The molecule has 0 aliphatic carbocycles. The van der Waals surface area contributed by atoms with Crippen molar-refractivity contribution in [1.29, 1.82) is 0 Å². The van der Waals surface area contributed by atoms with E-state index in [0.717, 1.165) is 0 Å². The summed E-state index contributed by atoms with van der Waals surface area (Å²) >= 11 is 0. The summed E-state index contributed by atoms with van der Waals surface area (Å²) in [6.45, 7) is 7.31. The molecule has 0 amide bonds. The van der Waals surface area contributed by atoms with Crippen molar-refractivity contribution < 1.29 is 24.5 Å². The summed E-state index contributed by atoms with van der Waals surface area (Å²) in [6.07, 6.45) is 2.47. The first-order valence-electron chi connectivity index (χ1n) is 3.81. The summed E-state index contributed by atoms with van der Waals surface area (Å²) in [5, 5.41) is 15.8. The number of ether oxygens (including phenoxy) is 1. The molecule has 0 radical (unpaired) electrons. The average molecular weight is 202 g/mol. The molecular formula is C9H14O5. The zero-order valence-electron chi connectivity index (χ0n) is 7.81. The SMILES string of the molecule is C=CCOC=C.O=C(O)CCC(=O)O. The van der Waals surface area contributed by atoms with Gasteiger partial charge in [0.25, 0.3) is 0 Å². The minimum atomic E-state index is -1.08. The lowest BCUT2D eigenvalue weighted by Crippen LogP contribution is -2.00. The van der Waals surface area contributed by atoms with Gasteiger partial charge in [-0.15, -0.1) is 0 Å². The average Bonchev–Trinajstić information content (AvgIpc) is 2.12. The summed E-state index contributed by atoms with van der Waals surface area (Å²) in [7, 11) is 0. The second-order valence-corrected chi connectivity index (χ2v) is 2.08. The van der Waals surface area contributed by atoms with E-state index in [1.807, 2.05) is 0 Å². The van der Waals surface area contributed by atoms with Gasteiger partial charge in [-0.05, 0) is 0 Å². The number of hydrogen-bond acceptors (Lipinski definition) is 3. The quantitative estimate of drug-likeness (QED) is 0.385. The van der Waals surface area contributed by atoms with Crippen LogP contribution in [0, 0.1) is 0 Å². The van der Waals surface area contributed by atoms with E-state index >= 15 is 0 Å². The maximum Gasteiger partial charge on any atom is 0.303 e. The van der Waals surface area contributed by atoms with Crippen LogP contribution in [0.1, 0.15) is 12.8 Å². The van der Waals surface area contributed by atoms with Gasteiger partial charge in [0.1, 0.15) is 6.61 Å². The van der Waals surface area contributed by atoms with Crippen LogP contribution in [0.5, 0.6) is 0 Å². The van der Waals surface area contributed by atoms with Crippen LogP contribution in [0.4, 0.5) is 0 Å². The first kappa shape index (κ1) is 14.7. The normalized spacial score (nSPS) is 7.71. The first-order valence-corrected chi connectivity index (χ1v) is 3.81. The molecule has 2 N–H and O–H groups in total. The lowest BCUT2D eigenvalue weighted by atomic mass is 10.3. The molecule has 0 saturated carbocycles. The second-order valence-electron chi connectivity index (χ2n) is 2.08. The second kappa shape index (κ2) is 11.2. The number of aliphatic carboxylic acids is 2. The van der Waals surface area contributed by atoms with Gasteiger partial charge in [0.2, 0.25) is 0 Å². The molecular weight excluding hydrogens is 188 g/mol. The monoisotopic (exact) mass is 202 g/mol. The van der Waals surface area contributed by atoms with E-state index in [4.69, 9.17) is 10.2 Å². The molecule has 0 aliphatic heterocycles. The fraction of sp³-hybridized carbons (Fsp3) is 0.333. The van der Waals surface area contributed by atoms with Crippen molar-refractivity contribution in [2.75, 3.05) is 6.61 Å². The van der Waals surface area contributed by atoms with Gasteiger partial charge in [-0.2, -0.15) is 0 Å². The van der Waals surface area contributed by atoms with Crippen LogP contribution >= 0.6 is 0 Å². The maximum atomic E-state index is 9.64. The molecule has 0 bridgehead atoms. The molecule has 14 heavy (non-hydrogen) atoms. The summed E-state index contributed by atoms with van der Waals surface area (Å²) in [5.74, 6) is -2.15. The summed E-state index contributed by atoms with van der Waals surface area (Å²) in [4.78, 5) is 19.3. The van der Waals surface area contributed by atoms with Crippen molar-refractivity contribution in [2.24, 2.45) is 0 Å². The molecule has 0 aliphatic rings. The smallest absolute Gasteiger partial charge is 0.303 e. The molecule has 0 atom stereocenters. The molecule has 0 spiro atoms. The Bertz CT molecular complexity index is 175. The van der Waals surface area contributed by atoms with Crippen molar-refractivity contribution >= 4 is 11.9 Å². The Balaban J connectivity index is 0. The molecule has 5 nitrogen and oxygen atoms in total. The highest BCUT2D eigenvalue weighted by Gasteiger charge is 2.00. The molecule has 80 valence electrons. The van der Waals surface area contributed by atoms with Crippen molar-refractivity contribution in [1.82, 2.24) is 0 Å². The maximum absolute atomic E-state index is 9.64. The van der Waals surface area contributed by atoms with Crippen LogP contribution in [0.2, 0.25) is 0 Å². The van der Waals surface area contributed by atoms with Crippen LogP contribution in [0.3, 0.4) is 0 Å². The number of carbonyl (C=O) groups is 2. The third-order valence-corrected chi connectivity index (χ3v) is 0.885. The highest BCUT2D eigenvalue weighted by Crippen LogP contribution is 1.86. The highest BCUT2D eigenvalue weighted by atomic mass is 16.5. The topological polar surface area (TPSA) is 83.8 Å². The third kappa shape index (κ3) is 22.5. The molecule has 0 rings (SSSR count). The first-order chi connectivity index (χ1) is 6.54. The van der Waals surface area contributed by atoms with E-state index in [1.54, 1.807) is 6.08 Å². The van der Waals surface area contributed by atoms with Crippen LogP contribution in [0.15, 0.2) is 25.5 Å². The Morgan fingerprint density at radius 3 is 1.71 bits per heavy atom. The lowest BCUT2D eigenvalue weighted by Gasteiger charge is -1.86. The molecule has 0 aromatic heterocycles.